The van der Waals surface area contributed by atoms with Crippen molar-refractivity contribution in [3.63, 3.8) is 0 Å². The largest absolute Gasteiger partial charge is 0.497 e. The van der Waals surface area contributed by atoms with Crippen LogP contribution in [0.1, 0.15) is 0 Å². The highest BCUT2D eigenvalue weighted by molar-refractivity contribution is 9.10. The maximum absolute atomic E-state index is 13.2. The Bertz CT molecular complexity index is 628. The summed E-state index contributed by atoms with van der Waals surface area (Å²) in [5.41, 5.74) is 0.600. The summed E-state index contributed by atoms with van der Waals surface area (Å²) in [6.07, 6.45) is 0. The predicted octanol–water partition coefficient (Wildman–Crippen LogP) is 3.61. The fraction of sp³-hybridized carbons (Fsp3) is 0.133. The third-order valence-corrected chi connectivity index (χ3v) is 3.02. The lowest BCUT2D eigenvalue weighted by Gasteiger charge is -2.09. The van der Waals surface area contributed by atoms with Gasteiger partial charge in [0.1, 0.15) is 17.3 Å². The lowest BCUT2D eigenvalue weighted by atomic mass is 10.3. The van der Waals surface area contributed by atoms with Gasteiger partial charge in [-0.25, -0.2) is 4.39 Å². The lowest BCUT2D eigenvalue weighted by molar-refractivity contribution is -0.118. The highest BCUT2D eigenvalue weighted by Crippen LogP contribution is 2.21. The summed E-state index contributed by atoms with van der Waals surface area (Å²) < 4.78 is 24.0. The SMILES string of the molecule is COc1cccc(NC(=O)COc2cc(F)cc(Br)c2)c1. The minimum atomic E-state index is -0.437. The summed E-state index contributed by atoms with van der Waals surface area (Å²) >= 11 is 3.16. The number of anilines is 1. The second-order valence-corrected chi connectivity index (χ2v) is 5.09. The van der Waals surface area contributed by atoms with Gasteiger partial charge < -0.3 is 14.8 Å². The van der Waals surface area contributed by atoms with Crippen LogP contribution in [0.3, 0.4) is 0 Å². The monoisotopic (exact) mass is 353 g/mol. The smallest absolute Gasteiger partial charge is 0.262 e. The standard InChI is InChI=1S/C15H13BrFNO3/c1-20-13-4-2-3-12(8-13)18-15(19)9-21-14-6-10(16)5-11(17)7-14/h2-8H,9H2,1H3,(H,18,19). The Morgan fingerprint density at radius 1 is 1.24 bits per heavy atom. The molecule has 2 rings (SSSR count). The molecule has 4 nitrogen and oxygen atoms in total. The van der Waals surface area contributed by atoms with Crippen molar-refractivity contribution in [2.75, 3.05) is 19.0 Å². The summed E-state index contributed by atoms with van der Waals surface area (Å²) in [5.74, 6) is 0.140. The van der Waals surface area contributed by atoms with E-state index in [-0.39, 0.29) is 18.3 Å². The van der Waals surface area contributed by atoms with Crippen LogP contribution in [-0.2, 0) is 4.79 Å². The number of benzene rings is 2. The molecule has 0 aliphatic heterocycles. The quantitative estimate of drug-likeness (QED) is 0.892. The van der Waals surface area contributed by atoms with E-state index >= 15 is 0 Å². The molecule has 0 saturated carbocycles. The van der Waals surface area contributed by atoms with Crippen molar-refractivity contribution >= 4 is 27.5 Å². The van der Waals surface area contributed by atoms with Gasteiger partial charge in [0.2, 0.25) is 0 Å². The van der Waals surface area contributed by atoms with E-state index in [4.69, 9.17) is 9.47 Å². The first-order valence-corrected chi connectivity index (χ1v) is 6.89. The maximum Gasteiger partial charge on any atom is 0.262 e. The zero-order chi connectivity index (χ0) is 15.2. The zero-order valence-electron chi connectivity index (χ0n) is 11.2. The number of carbonyl (C=O) groups is 1. The van der Waals surface area contributed by atoms with Gasteiger partial charge in [0.25, 0.3) is 5.91 Å². The van der Waals surface area contributed by atoms with Crippen molar-refractivity contribution in [3.8, 4) is 11.5 Å². The van der Waals surface area contributed by atoms with Gasteiger partial charge in [0, 0.05) is 22.3 Å². The van der Waals surface area contributed by atoms with E-state index in [1.165, 1.54) is 12.1 Å². The molecule has 0 unspecified atom stereocenters. The summed E-state index contributed by atoms with van der Waals surface area (Å²) in [5, 5.41) is 2.67. The van der Waals surface area contributed by atoms with Gasteiger partial charge in [-0.1, -0.05) is 22.0 Å². The van der Waals surface area contributed by atoms with Gasteiger partial charge in [-0.3, -0.25) is 4.79 Å². The molecule has 0 fully saturated rings. The normalized spacial score (nSPS) is 10.0. The van der Waals surface area contributed by atoms with E-state index in [1.807, 2.05) is 0 Å². The van der Waals surface area contributed by atoms with Crippen LogP contribution in [-0.4, -0.2) is 19.6 Å². The predicted molar refractivity (Wildman–Crippen MR) is 81.2 cm³/mol. The van der Waals surface area contributed by atoms with Crippen LogP contribution >= 0.6 is 15.9 Å². The maximum atomic E-state index is 13.2. The number of carbonyl (C=O) groups excluding carboxylic acids is 1. The summed E-state index contributed by atoms with van der Waals surface area (Å²) in [6, 6.07) is 11.1. The molecule has 0 spiro atoms. The van der Waals surface area contributed by atoms with E-state index in [0.29, 0.717) is 15.9 Å². The fourth-order valence-corrected chi connectivity index (χ4v) is 2.10. The molecule has 0 aliphatic carbocycles. The Morgan fingerprint density at radius 2 is 2.05 bits per heavy atom. The molecular formula is C15H13BrFNO3. The summed E-state index contributed by atoms with van der Waals surface area (Å²) in [7, 11) is 1.55. The number of hydrogen-bond donors (Lipinski definition) is 1. The van der Waals surface area contributed by atoms with Crippen LogP contribution in [0.15, 0.2) is 46.9 Å². The Morgan fingerprint density at radius 3 is 2.76 bits per heavy atom. The molecule has 0 atom stereocenters. The molecule has 21 heavy (non-hydrogen) atoms. The zero-order valence-corrected chi connectivity index (χ0v) is 12.8. The van der Waals surface area contributed by atoms with Crippen LogP contribution < -0.4 is 14.8 Å². The average molecular weight is 354 g/mol. The van der Waals surface area contributed by atoms with Crippen molar-refractivity contribution in [3.05, 3.63) is 52.8 Å². The number of hydrogen-bond acceptors (Lipinski definition) is 3. The molecule has 0 bridgehead atoms. The minimum Gasteiger partial charge on any atom is -0.497 e. The molecule has 1 amide bonds. The number of rotatable bonds is 5. The third-order valence-electron chi connectivity index (χ3n) is 2.56. The molecule has 0 aliphatic rings. The van der Waals surface area contributed by atoms with Crippen LogP contribution in [0.25, 0.3) is 0 Å². The summed E-state index contributed by atoms with van der Waals surface area (Å²) in [6.45, 7) is -0.215. The Labute approximate surface area is 130 Å². The Kier molecular flexibility index (Phi) is 5.16. The molecule has 6 heteroatoms. The van der Waals surface area contributed by atoms with Gasteiger partial charge in [-0.15, -0.1) is 0 Å². The van der Waals surface area contributed by atoms with Gasteiger partial charge in [0.05, 0.1) is 7.11 Å². The van der Waals surface area contributed by atoms with Crippen molar-refractivity contribution < 1.29 is 18.7 Å². The van der Waals surface area contributed by atoms with Crippen LogP contribution in [0, 0.1) is 5.82 Å². The molecular weight excluding hydrogens is 341 g/mol. The Balaban J connectivity index is 1.92. The number of nitrogens with one attached hydrogen (secondary N) is 1. The van der Waals surface area contributed by atoms with Gasteiger partial charge >= 0.3 is 0 Å². The molecule has 0 radical (unpaired) electrons. The molecule has 0 aromatic heterocycles. The van der Waals surface area contributed by atoms with E-state index in [0.717, 1.165) is 0 Å². The summed E-state index contributed by atoms with van der Waals surface area (Å²) in [4.78, 5) is 11.8. The first kappa shape index (κ1) is 15.3. The number of methoxy groups -OCH3 is 1. The number of ether oxygens (including phenoxy) is 2. The molecule has 0 saturated heterocycles. The third kappa shape index (κ3) is 4.75. The first-order chi connectivity index (χ1) is 10.1. The van der Waals surface area contributed by atoms with Crippen molar-refractivity contribution in [1.29, 1.82) is 0 Å². The van der Waals surface area contributed by atoms with Gasteiger partial charge in [0.15, 0.2) is 6.61 Å². The highest BCUT2D eigenvalue weighted by Gasteiger charge is 2.06. The Hall–Kier alpha value is -2.08. The molecule has 1 N–H and O–H groups in total. The van der Waals surface area contributed by atoms with E-state index in [1.54, 1.807) is 37.4 Å². The van der Waals surface area contributed by atoms with Crippen LogP contribution in [0.4, 0.5) is 10.1 Å². The molecule has 0 heterocycles. The van der Waals surface area contributed by atoms with E-state index in [9.17, 15) is 9.18 Å². The fourth-order valence-electron chi connectivity index (χ4n) is 1.66. The van der Waals surface area contributed by atoms with Crippen molar-refractivity contribution in [1.82, 2.24) is 0 Å². The van der Waals surface area contributed by atoms with E-state index in [2.05, 4.69) is 21.2 Å². The minimum absolute atomic E-state index is 0.215. The first-order valence-electron chi connectivity index (χ1n) is 6.09. The molecule has 110 valence electrons. The lowest BCUT2D eigenvalue weighted by Crippen LogP contribution is -2.20. The molecule has 2 aromatic carbocycles. The second kappa shape index (κ2) is 7.08. The van der Waals surface area contributed by atoms with Gasteiger partial charge in [-0.05, 0) is 24.3 Å². The van der Waals surface area contributed by atoms with Crippen LogP contribution in [0.5, 0.6) is 11.5 Å². The van der Waals surface area contributed by atoms with Crippen molar-refractivity contribution in [2.45, 2.75) is 0 Å². The second-order valence-electron chi connectivity index (χ2n) is 4.17. The number of halogens is 2. The molecule has 2 aromatic rings. The highest BCUT2D eigenvalue weighted by atomic mass is 79.9. The van der Waals surface area contributed by atoms with Crippen LogP contribution in [0.2, 0.25) is 0 Å². The number of amides is 1. The topological polar surface area (TPSA) is 47.6 Å². The van der Waals surface area contributed by atoms with E-state index < -0.39 is 5.82 Å². The average Bonchev–Trinajstić information content (AvgIpc) is 2.44. The van der Waals surface area contributed by atoms with Crippen molar-refractivity contribution in [2.24, 2.45) is 0 Å². The van der Waals surface area contributed by atoms with Gasteiger partial charge in [-0.2, -0.15) is 0 Å².